The molecule has 1 amide bonds. The summed E-state index contributed by atoms with van der Waals surface area (Å²) in [5, 5.41) is 22.2. The second kappa shape index (κ2) is 8.38. The predicted octanol–water partition coefficient (Wildman–Crippen LogP) is 2.75. The van der Waals surface area contributed by atoms with E-state index in [1.165, 1.54) is 16.2 Å². The Bertz CT molecular complexity index is 1030. The van der Waals surface area contributed by atoms with Gasteiger partial charge in [0.1, 0.15) is 22.7 Å². The van der Waals surface area contributed by atoms with Crippen LogP contribution in [-0.2, 0) is 24.1 Å². The molecule has 1 aliphatic rings. The van der Waals surface area contributed by atoms with Gasteiger partial charge in [-0.1, -0.05) is 18.7 Å². The highest BCUT2D eigenvalue weighted by Gasteiger charge is 2.22. The van der Waals surface area contributed by atoms with Crippen LogP contribution in [0.4, 0.5) is 5.00 Å². The van der Waals surface area contributed by atoms with E-state index < -0.39 is 5.56 Å². The lowest BCUT2D eigenvalue weighted by atomic mass is 9.96. The number of H-pyrrole nitrogens is 1. The second-order valence-electron chi connectivity index (χ2n) is 6.02. The molecule has 9 heteroatoms. The molecule has 138 valence electrons. The van der Waals surface area contributed by atoms with Crippen molar-refractivity contribution in [2.75, 3.05) is 11.1 Å². The van der Waals surface area contributed by atoms with Crippen LogP contribution in [0, 0.1) is 22.7 Å². The minimum absolute atomic E-state index is 0.00845. The van der Waals surface area contributed by atoms with E-state index >= 15 is 0 Å². The van der Waals surface area contributed by atoms with Crippen LogP contribution in [-0.4, -0.2) is 21.6 Å². The molecule has 0 radical (unpaired) electrons. The Balaban J connectivity index is 1.70. The summed E-state index contributed by atoms with van der Waals surface area (Å²) in [6.45, 7) is 1.81. The molecule has 0 aliphatic heterocycles. The van der Waals surface area contributed by atoms with E-state index in [-0.39, 0.29) is 17.2 Å². The van der Waals surface area contributed by atoms with Crippen molar-refractivity contribution < 1.29 is 4.79 Å². The molecule has 0 aromatic carbocycles. The van der Waals surface area contributed by atoms with Gasteiger partial charge in [-0.3, -0.25) is 9.59 Å². The van der Waals surface area contributed by atoms with Crippen LogP contribution in [0.25, 0.3) is 0 Å². The summed E-state index contributed by atoms with van der Waals surface area (Å²) in [6, 6.07) is 4.07. The zero-order chi connectivity index (χ0) is 19.4. The first kappa shape index (κ1) is 19.2. The minimum Gasteiger partial charge on any atom is -0.316 e. The maximum atomic E-state index is 12.3. The molecule has 3 rings (SSSR count). The number of fused-ring (bicyclic) bond motifs is 1. The van der Waals surface area contributed by atoms with E-state index in [0.717, 1.165) is 43.0 Å². The van der Waals surface area contributed by atoms with Crippen molar-refractivity contribution in [3.8, 4) is 12.1 Å². The third-order valence-corrected chi connectivity index (χ3v) is 6.38. The van der Waals surface area contributed by atoms with Crippen LogP contribution >= 0.6 is 23.1 Å². The third-order valence-electron chi connectivity index (χ3n) is 4.30. The molecule has 0 spiro atoms. The molecule has 1 aliphatic carbocycles. The number of nitriles is 2. The summed E-state index contributed by atoms with van der Waals surface area (Å²) in [5.41, 5.74) is 1.58. The Morgan fingerprint density at radius 1 is 1.30 bits per heavy atom. The first-order valence-corrected chi connectivity index (χ1v) is 10.4. The molecule has 2 N–H and O–H groups in total. The number of amides is 1. The maximum absolute atomic E-state index is 12.3. The molecule has 2 heterocycles. The molecular formula is C18H17N5O2S2. The van der Waals surface area contributed by atoms with E-state index in [0.29, 0.717) is 27.8 Å². The van der Waals surface area contributed by atoms with E-state index in [1.807, 2.05) is 13.0 Å². The molecule has 0 bridgehead atoms. The number of carbonyl (C=O) groups excluding carboxylic acids is 1. The van der Waals surface area contributed by atoms with Crippen molar-refractivity contribution >= 4 is 34.0 Å². The second-order valence-corrected chi connectivity index (χ2v) is 8.09. The van der Waals surface area contributed by atoms with Gasteiger partial charge in [-0.05, 0) is 37.7 Å². The number of hydrogen-bond acceptors (Lipinski definition) is 7. The lowest BCUT2D eigenvalue weighted by Crippen LogP contribution is -2.18. The summed E-state index contributed by atoms with van der Waals surface area (Å²) in [6.07, 6.45) is 4.47. The number of aromatic nitrogens is 2. The number of nitrogens with one attached hydrogen (secondary N) is 2. The van der Waals surface area contributed by atoms with Gasteiger partial charge in [0.05, 0.1) is 17.0 Å². The minimum atomic E-state index is -0.495. The van der Waals surface area contributed by atoms with Crippen LogP contribution < -0.4 is 10.9 Å². The molecule has 0 saturated carbocycles. The lowest BCUT2D eigenvalue weighted by molar-refractivity contribution is -0.113. The van der Waals surface area contributed by atoms with Crippen LogP contribution in [0.15, 0.2) is 9.95 Å². The Kier molecular flexibility index (Phi) is 5.94. The van der Waals surface area contributed by atoms with Gasteiger partial charge in [-0.2, -0.15) is 10.5 Å². The van der Waals surface area contributed by atoms with Gasteiger partial charge in [0.25, 0.3) is 5.56 Å². The number of anilines is 1. The molecular weight excluding hydrogens is 382 g/mol. The quantitative estimate of drug-likeness (QED) is 0.589. The Labute approximate surface area is 164 Å². The number of thiophene rings is 1. The van der Waals surface area contributed by atoms with E-state index in [9.17, 15) is 14.9 Å². The van der Waals surface area contributed by atoms with Gasteiger partial charge in [0.15, 0.2) is 5.16 Å². The first-order valence-electron chi connectivity index (χ1n) is 8.58. The summed E-state index contributed by atoms with van der Waals surface area (Å²) >= 11 is 2.57. The molecule has 0 saturated heterocycles. The topological polar surface area (TPSA) is 122 Å². The van der Waals surface area contributed by atoms with Crippen molar-refractivity contribution in [3.05, 3.63) is 37.6 Å². The molecule has 7 nitrogen and oxygen atoms in total. The van der Waals surface area contributed by atoms with Crippen molar-refractivity contribution in [1.29, 1.82) is 10.5 Å². The predicted molar refractivity (Wildman–Crippen MR) is 104 cm³/mol. The fraction of sp³-hybridized carbons (Fsp3) is 0.389. The zero-order valence-electron chi connectivity index (χ0n) is 14.7. The van der Waals surface area contributed by atoms with E-state index in [2.05, 4.69) is 21.4 Å². The molecule has 2 aromatic rings. The Morgan fingerprint density at radius 3 is 2.74 bits per heavy atom. The van der Waals surface area contributed by atoms with Crippen molar-refractivity contribution in [3.63, 3.8) is 0 Å². The number of carbonyl (C=O) groups is 1. The average Bonchev–Trinajstić information content (AvgIpc) is 3.02. The smallest absolute Gasteiger partial charge is 0.269 e. The highest BCUT2D eigenvalue weighted by atomic mass is 32.2. The van der Waals surface area contributed by atoms with Crippen LogP contribution in [0.1, 0.15) is 47.0 Å². The molecule has 0 fully saturated rings. The average molecular weight is 400 g/mol. The molecule has 0 unspecified atom stereocenters. The SMILES string of the molecule is CCc1nc(SCC(=O)Nc2sc3c(c2C#N)CCCC3)[nH]c(=O)c1C#N. The number of nitrogens with zero attached hydrogens (tertiary/aromatic N) is 3. The van der Waals surface area contributed by atoms with Gasteiger partial charge in [-0.15, -0.1) is 11.3 Å². The highest BCUT2D eigenvalue weighted by Crippen LogP contribution is 2.37. The monoisotopic (exact) mass is 399 g/mol. The highest BCUT2D eigenvalue weighted by molar-refractivity contribution is 7.99. The number of rotatable bonds is 5. The first-order chi connectivity index (χ1) is 13.1. The lowest BCUT2D eigenvalue weighted by Gasteiger charge is -2.09. The van der Waals surface area contributed by atoms with Crippen LogP contribution in [0.2, 0.25) is 0 Å². The molecule has 27 heavy (non-hydrogen) atoms. The van der Waals surface area contributed by atoms with Gasteiger partial charge in [0, 0.05) is 4.88 Å². The van der Waals surface area contributed by atoms with Gasteiger partial charge in [-0.25, -0.2) is 4.98 Å². The van der Waals surface area contributed by atoms with Crippen molar-refractivity contribution in [1.82, 2.24) is 9.97 Å². The van der Waals surface area contributed by atoms with Crippen molar-refractivity contribution in [2.45, 2.75) is 44.2 Å². The largest absolute Gasteiger partial charge is 0.316 e. The van der Waals surface area contributed by atoms with Crippen LogP contribution in [0.5, 0.6) is 0 Å². The van der Waals surface area contributed by atoms with Gasteiger partial charge >= 0.3 is 0 Å². The fourth-order valence-corrected chi connectivity index (χ4v) is 4.94. The van der Waals surface area contributed by atoms with Gasteiger partial charge < -0.3 is 10.3 Å². The fourth-order valence-electron chi connectivity index (χ4n) is 3.01. The van der Waals surface area contributed by atoms with Crippen LogP contribution in [0.3, 0.4) is 0 Å². The summed E-state index contributed by atoms with van der Waals surface area (Å²) in [7, 11) is 0. The van der Waals surface area contributed by atoms with Gasteiger partial charge in [0.2, 0.25) is 5.91 Å². The number of hydrogen-bond donors (Lipinski definition) is 2. The standard InChI is InChI=1S/C18H17N5O2S2/c1-2-13-12(8-20)16(25)23-18(21-13)26-9-15(24)22-17-11(7-19)10-5-3-4-6-14(10)27-17/h2-6,9H2,1H3,(H,22,24)(H,21,23,25). The van der Waals surface area contributed by atoms with E-state index in [1.54, 1.807) is 0 Å². The summed E-state index contributed by atoms with van der Waals surface area (Å²) in [4.78, 5) is 32.2. The van der Waals surface area contributed by atoms with E-state index in [4.69, 9.17) is 5.26 Å². The normalized spacial score (nSPS) is 12.7. The van der Waals surface area contributed by atoms with Crippen molar-refractivity contribution in [2.24, 2.45) is 0 Å². The molecule has 0 atom stereocenters. The number of aromatic amines is 1. The summed E-state index contributed by atoms with van der Waals surface area (Å²) in [5.74, 6) is -0.217. The third kappa shape index (κ3) is 4.05. The number of thioether (sulfide) groups is 1. The Morgan fingerprint density at radius 2 is 2.04 bits per heavy atom. The Hall–Kier alpha value is -2.62. The molecule has 2 aromatic heterocycles. The number of aryl methyl sites for hydroxylation is 2. The maximum Gasteiger partial charge on any atom is 0.269 e. The zero-order valence-corrected chi connectivity index (χ0v) is 16.4. The summed E-state index contributed by atoms with van der Waals surface area (Å²) < 4.78 is 0.